The molecule has 2 heterocycles. The Morgan fingerprint density at radius 2 is 2.10 bits per heavy atom. The molecule has 0 saturated heterocycles. The maximum absolute atomic E-state index is 13.3. The number of halogens is 2. The first kappa shape index (κ1) is 13.6. The Hall–Kier alpha value is -1.36. The van der Waals surface area contributed by atoms with Gasteiger partial charge < -0.3 is 9.88 Å². The Bertz CT molecular complexity index is 720. The summed E-state index contributed by atoms with van der Waals surface area (Å²) in [7, 11) is 0. The van der Waals surface area contributed by atoms with E-state index in [-0.39, 0.29) is 5.82 Å². The number of benzene rings is 1. The van der Waals surface area contributed by atoms with Gasteiger partial charge >= 0.3 is 0 Å². The predicted octanol–water partition coefficient (Wildman–Crippen LogP) is 4.29. The van der Waals surface area contributed by atoms with E-state index in [1.54, 1.807) is 17.4 Å². The number of nitrogens with one attached hydrogen (secondary N) is 1. The van der Waals surface area contributed by atoms with Crippen molar-refractivity contribution in [1.29, 1.82) is 0 Å². The standard InChI is InChI=1S/C15H14ClFN2S/c16-15-4-3-13(20-15)10-18-6-8-19-7-5-11-1-2-12(17)9-14(11)19/h1-5,7,9,18H,6,8,10H2. The van der Waals surface area contributed by atoms with Crippen LogP contribution in [0.5, 0.6) is 0 Å². The molecule has 2 nitrogen and oxygen atoms in total. The summed E-state index contributed by atoms with van der Waals surface area (Å²) in [6.07, 6.45) is 1.99. The molecule has 0 unspecified atom stereocenters. The summed E-state index contributed by atoms with van der Waals surface area (Å²) < 4.78 is 16.1. The van der Waals surface area contributed by atoms with Crippen LogP contribution in [0, 0.1) is 5.82 Å². The van der Waals surface area contributed by atoms with E-state index in [2.05, 4.69) is 9.88 Å². The van der Waals surface area contributed by atoms with Gasteiger partial charge in [-0.2, -0.15) is 0 Å². The second-order valence-electron chi connectivity index (χ2n) is 4.59. The van der Waals surface area contributed by atoms with Crippen LogP contribution in [0.3, 0.4) is 0 Å². The number of aromatic nitrogens is 1. The van der Waals surface area contributed by atoms with Crippen LogP contribution in [0.2, 0.25) is 4.34 Å². The quantitative estimate of drug-likeness (QED) is 0.696. The summed E-state index contributed by atoms with van der Waals surface area (Å²) in [5.74, 6) is -0.196. The van der Waals surface area contributed by atoms with E-state index in [4.69, 9.17) is 11.6 Å². The van der Waals surface area contributed by atoms with Gasteiger partial charge in [-0.1, -0.05) is 11.6 Å². The lowest BCUT2D eigenvalue weighted by Gasteiger charge is -2.06. The topological polar surface area (TPSA) is 17.0 Å². The van der Waals surface area contributed by atoms with E-state index in [9.17, 15) is 4.39 Å². The zero-order valence-corrected chi connectivity index (χ0v) is 12.3. The van der Waals surface area contributed by atoms with E-state index >= 15 is 0 Å². The van der Waals surface area contributed by atoms with Crippen molar-refractivity contribution in [2.75, 3.05) is 6.54 Å². The van der Waals surface area contributed by atoms with Crippen LogP contribution in [0.25, 0.3) is 10.9 Å². The minimum Gasteiger partial charge on any atom is -0.346 e. The molecule has 0 bridgehead atoms. The van der Waals surface area contributed by atoms with E-state index in [1.807, 2.05) is 30.5 Å². The molecule has 0 amide bonds. The lowest BCUT2D eigenvalue weighted by atomic mass is 10.2. The number of hydrogen-bond donors (Lipinski definition) is 1. The highest BCUT2D eigenvalue weighted by Gasteiger charge is 2.02. The molecule has 0 radical (unpaired) electrons. The Morgan fingerprint density at radius 3 is 2.90 bits per heavy atom. The number of fused-ring (bicyclic) bond motifs is 1. The largest absolute Gasteiger partial charge is 0.346 e. The van der Waals surface area contributed by atoms with Crippen molar-refractivity contribution in [3.05, 3.63) is 57.6 Å². The van der Waals surface area contributed by atoms with Crippen molar-refractivity contribution < 1.29 is 4.39 Å². The second-order valence-corrected chi connectivity index (χ2v) is 6.39. The van der Waals surface area contributed by atoms with Gasteiger partial charge in [-0.05, 0) is 41.8 Å². The van der Waals surface area contributed by atoms with Gasteiger partial charge in [-0.25, -0.2) is 4.39 Å². The summed E-state index contributed by atoms with van der Waals surface area (Å²) >= 11 is 7.47. The van der Waals surface area contributed by atoms with Gasteiger partial charge in [0.2, 0.25) is 0 Å². The van der Waals surface area contributed by atoms with Gasteiger partial charge in [0.15, 0.2) is 0 Å². The molecular formula is C15H14ClFN2S. The van der Waals surface area contributed by atoms with Gasteiger partial charge in [-0.15, -0.1) is 11.3 Å². The van der Waals surface area contributed by atoms with Crippen molar-refractivity contribution >= 4 is 33.8 Å². The fraction of sp³-hybridized carbons (Fsp3) is 0.200. The molecule has 104 valence electrons. The summed E-state index contributed by atoms with van der Waals surface area (Å²) in [5.41, 5.74) is 0.936. The highest BCUT2D eigenvalue weighted by atomic mass is 35.5. The molecule has 1 N–H and O–H groups in total. The van der Waals surface area contributed by atoms with Crippen LogP contribution in [0.15, 0.2) is 42.6 Å². The molecule has 0 aliphatic carbocycles. The molecule has 3 aromatic rings. The molecule has 3 rings (SSSR count). The van der Waals surface area contributed by atoms with E-state index in [0.717, 1.165) is 34.9 Å². The van der Waals surface area contributed by atoms with Crippen LogP contribution in [0.4, 0.5) is 4.39 Å². The summed E-state index contributed by atoms with van der Waals surface area (Å²) in [4.78, 5) is 1.22. The second kappa shape index (κ2) is 5.95. The Balaban J connectivity index is 1.58. The van der Waals surface area contributed by atoms with Crippen LogP contribution < -0.4 is 5.32 Å². The number of thiophene rings is 1. The first-order valence-electron chi connectivity index (χ1n) is 6.42. The van der Waals surface area contributed by atoms with Crippen molar-refractivity contribution in [2.45, 2.75) is 13.1 Å². The molecule has 5 heteroatoms. The average Bonchev–Trinajstić information content (AvgIpc) is 3.01. The highest BCUT2D eigenvalue weighted by Crippen LogP contribution is 2.21. The Kier molecular flexibility index (Phi) is 4.05. The number of nitrogens with zero attached hydrogens (tertiary/aromatic N) is 1. The monoisotopic (exact) mass is 308 g/mol. The van der Waals surface area contributed by atoms with Crippen molar-refractivity contribution in [3.63, 3.8) is 0 Å². The minimum atomic E-state index is -0.196. The minimum absolute atomic E-state index is 0.196. The van der Waals surface area contributed by atoms with Gasteiger partial charge in [0.05, 0.1) is 9.85 Å². The van der Waals surface area contributed by atoms with E-state index in [0.29, 0.717) is 0 Å². The van der Waals surface area contributed by atoms with Crippen LogP contribution in [-0.4, -0.2) is 11.1 Å². The SMILES string of the molecule is Fc1ccc2ccn(CCNCc3ccc(Cl)s3)c2c1. The molecular weight excluding hydrogens is 295 g/mol. The third kappa shape index (κ3) is 3.03. The molecule has 0 spiro atoms. The van der Waals surface area contributed by atoms with Gasteiger partial charge in [0.1, 0.15) is 5.82 Å². The molecule has 20 heavy (non-hydrogen) atoms. The molecule has 0 aliphatic rings. The number of rotatable bonds is 5. The van der Waals surface area contributed by atoms with Crippen LogP contribution in [0.1, 0.15) is 4.88 Å². The van der Waals surface area contributed by atoms with Crippen LogP contribution >= 0.6 is 22.9 Å². The fourth-order valence-electron chi connectivity index (χ4n) is 2.21. The van der Waals surface area contributed by atoms with Gasteiger partial charge in [0, 0.05) is 30.7 Å². The Labute approximate surface area is 125 Å². The first-order valence-corrected chi connectivity index (χ1v) is 7.61. The van der Waals surface area contributed by atoms with Crippen molar-refractivity contribution in [3.8, 4) is 0 Å². The smallest absolute Gasteiger partial charge is 0.125 e. The lowest BCUT2D eigenvalue weighted by Crippen LogP contribution is -2.18. The fourth-order valence-corrected chi connectivity index (χ4v) is 3.27. The molecule has 1 aromatic carbocycles. The first-order chi connectivity index (χ1) is 9.72. The molecule has 0 fully saturated rings. The highest BCUT2D eigenvalue weighted by molar-refractivity contribution is 7.16. The molecule has 0 aliphatic heterocycles. The molecule has 0 saturated carbocycles. The van der Waals surface area contributed by atoms with E-state index in [1.165, 1.54) is 10.9 Å². The third-order valence-electron chi connectivity index (χ3n) is 3.19. The zero-order chi connectivity index (χ0) is 13.9. The van der Waals surface area contributed by atoms with Gasteiger partial charge in [-0.3, -0.25) is 0 Å². The predicted molar refractivity (Wildman–Crippen MR) is 82.9 cm³/mol. The molecule has 0 atom stereocenters. The summed E-state index contributed by atoms with van der Waals surface area (Å²) in [6.45, 7) is 2.45. The van der Waals surface area contributed by atoms with E-state index < -0.39 is 0 Å². The maximum Gasteiger partial charge on any atom is 0.125 e. The molecule has 2 aromatic heterocycles. The number of hydrogen-bond acceptors (Lipinski definition) is 2. The Morgan fingerprint density at radius 1 is 1.20 bits per heavy atom. The van der Waals surface area contributed by atoms with Crippen molar-refractivity contribution in [1.82, 2.24) is 9.88 Å². The summed E-state index contributed by atoms with van der Waals surface area (Å²) in [6, 6.07) is 10.8. The normalized spacial score (nSPS) is 11.3. The maximum atomic E-state index is 13.3. The van der Waals surface area contributed by atoms with Gasteiger partial charge in [0.25, 0.3) is 0 Å². The zero-order valence-electron chi connectivity index (χ0n) is 10.8. The average molecular weight is 309 g/mol. The van der Waals surface area contributed by atoms with Crippen molar-refractivity contribution in [2.24, 2.45) is 0 Å². The summed E-state index contributed by atoms with van der Waals surface area (Å²) in [5, 5.41) is 4.44. The van der Waals surface area contributed by atoms with Crippen LogP contribution in [-0.2, 0) is 13.1 Å². The lowest BCUT2D eigenvalue weighted by molar-refractivity contribution is 0.608. The third-order valence-corrected chi connectivity index (χ3v) is 4.42.